The lowest BCUT2D eigenvalue weighted by Crippen LogP contribution is -2.20. The first-order valence-electron chi connectivity index (χ1n) is 9.09. The van der Waals surface area contributed by atoms with Crippen LogP contribution in [0.4, 0.5) is 5.69 Å². The molecular formula is C22H21N3O4S. The molecular weight excluding hydrogens is 402 g/mol. The number of ether oxygens (including phenoxy) is 1. The number of hydrogen-bond donors (Lipinski definition) is 2. The number of nitrogens with zero attached hydrogens (tertiary/aromatic N) is 1. The van der Waals surface area contributed by atoms with Crippen LogP contribution < -0.4 is 14.8 Å². The molecule has 1 aromatic heterocycles. The van der Waals surface area contributed by atoms with Crippen LogP contribution in [0.2, 0.25) is 0 Å². The van der Waals surface area contributed by atoms with Gasteiger partial charge in [0.25, 0.3) is 10.0 Å². The highest BCUT2D eigenvalue weighted by atomic mass is 32.2. The van der Waals surface area contributed by atoms with E-state index >= 15 is 0 Å². The lowest BCUT2D eigenvalue weighted by molar-refractivity contribution is -0.116. The first-order chi connectivity index (χ1) is 14.5. The van der Waals surface area contributed by atoms with Gasteiger partial charge in [0.2, 0.25) is 5.91 Å². The van der Waals surface area contributed by atoms with Crippen LogP contribution >= 0.6 is 0 Å². The number of carbonyl (C=O) groups excluding carboxylic acids is 1. The second-order valence-electron chi connectivity index (χ2n) is 6.29. The van der Waals surface area contributed by atoms with Crippen molar-refractivity contribution in [1.29, 1.82) is 0 Å². The van der Waals surface area contributed by atoms with E-state index in [4.69, 9.17) is 4.74 Å². The van der Waals surface area contributed by atoms with Gasteiger partial charge in [0.1, 0.15) is 5.75 Å². The minimum absolute atomic E-state index is 0.103. The van der Waals surface area contributed by atoms with Crippen molar-refractivity contribution in [3.63, 3.8) is 0 Å². The Morgan fingerprint density at radius 2 is 1.83 bits per heavy atom. The molecule has 1 amide bonds. The van der Waals surface area contributed by atoms with Crippen LogP contribution in [-0.2, 0) is 21.4 Å². The molecule has 0 saturated heterocycles. The second kappa shape index (κ2) is 9.71. The van der Waals surface area contributed by atoms with Crippen LogP contribution in [-0.4, -0.2) is 26.4 Å². The fourth-order valence-electron chi connectivity index (χ4n) is 2.61. The van der Waals surface area contributed by atoms with Gasteiger partial charge in [-0.3, -0.25) is 14.5 Å². The van der Waals surface area contributed by atoms with Crippen LogP contribution in [0.5, 0.6) is 5.75 Å². The Labute approximate surface area is 175 Å². The molecule has 0 radical (unpaired) electrons. The van der Waals surface area contributed by atoms with Crippen molar-refractivity contribution in [2.75, 3.05) is 11.8 Å². The molecule has 7 nitrogen and oxygen atoms in total. The van der Waals surface area contributed by atoms with E-state index in [1.807, 2.05) is 6.07 Å². The summed E-state index contributed by atoms with van der Waals surface area (Å²) in [6.45, 7) is 0.378. The molecule has 0 aliphatic rings. The Hall–Kier alpha value is -3.65. The summed E-state index contributed by atoms with van der Waals surface area (Å²) in [5.41, 5.74) is 1.95. The number of benzene rings is 2. The number of anilines is 1. The zero-order valence-corrected chi connectivity index (χ0v) is 17.1. The van der Waals surface area contributed by atoms with Gasteiger partial charge < -0.3 is 10.1 Å². The number of para-hydroxylation sites is 2. The van der Waals surface area contributed by atoms with Crippen LogP contribution in [0, 0.1) is 0 Å². The monoisotopic (exact) mass is 423 g/mol. The Morgan fingerprint density at radius 1 is 1.07 bits per heavy atom. The van der Waals surface area contributed by atoms with Gasteiger partial charge in [-0.1, -0.05) is 30.3 Å². The first-order valence-corrected chi connectivity index (χ1v) is 10.6. The van der Waals surface area contributed by atoms with Crippen molar-refractivity contribution in [3.8, 4) is 5.75 Å². The van der Waals surface area contributed by atoms with Crippen molar-refractivity contribution in [1.82, 2.24) is 10.3 Å². The van der Waals surface area contributed by atoms with E-state index in [0.29, 0.717) is 23.5 Å². The normalized spacial score (nSPS) is 11.2. The standard InChI is InChI=1S/C22H21N3O4S/c1-29-21-7-3-2-6-20(21)25-30(27,28)19-11-8-17(9-12-19)10-13-22(26)24-16-18-5-4-14-23-15-18/h2-15,25H,16H2,1H3,(H,24,26)/b13-10+. The lowest BCUT2D eigenvalue weighted by atomic mass is 10.2. The summed E-state index contributed by atoms with van der Waals surface area (Å²) >= 11 is 0. The van der Waals surface area contributed by atoms with Crippen molar-refractivity contribution in [3.05, 3.63) is 90.3 Å². The minimum Gasteiger partial charge on any atom is -0.495 e. The smallest absolute Gasteiger partial charge is 0.262 e. The number of methoxy groups -OCH3 is 1. The molecule has 0 aliphatic heterocycles. The van der Waals surface area contributed by atoms with E-state index in [0.717, 1.165) is 5.56 Å². The third-order valence-corrected chi connectivity index (χ3v) is 5.54. The number of sulfonamides is 1. The molecule has 2 aromatic carbocycles. The highest BCUT2D eigenvalue weighted by Crippen LogP contribution is 2.26. The van der Waals surface area contributed by atoms with E-state index in [2.05, 4.69) is 15.0 Å². The molecule has 2 N–H and O–H groups in total. The predicted molar refractivity (Wildman–Crippen MR) is 115 cm³/mol. The van der Waals surface area contributed by atoms with Gasteiger partial charge in [-0.25, -0.2) is 8.42 Å². The average molecular weight is 423 g/mol. The summed E-state index contributed by atoms with van der Waals surface area (Å²) < 4.78 is 32.9. The topological polar surface area (TPSA) is 97.4 Å². The fraction of sp³-hybridized carbons (Fsp3) is 0.0909. The predicted octanol–water partition coefficient (Wildman–Crippen LogP) is 3.22. The Kier molecular flexibility index (Phi) is 6.82. The maximum Gasteiger partial charge on any atom is 0.262 e. The van der Waals surface area contributed by atoms with Crippen LogP contribution in [0.1, 0.15) is 11.1 Å². The molecule has 0 atom stereocenters. The number of amides is 1. The van der Waals surface area contributed by atoms with Crippen molar-refractivity contribution in [2.24, 2.45) is 0 Å². The third kappa shape index (κ3) is 5.68. The summed E-state index contributed by atoms with van der Waals surface area (Å²) in [5.74, 6) is 0.173. The number of hydrogen-bond acceptors (Lipinski definition) is 5. The lowest BCUT2D eigenvalue weighted by Gasteiger charge is -2.11. The molecule has 154 valence electrons. The van der Waals surface area contributed by atoms with Gasteiger partial charge in [0, 0.05) is 25.0 Å². The van der Waals surface area contributed by atoms with Gasteiger partial charge >= 0.3 is 0 Å². The third-order valence-electron chi connectivity index (χ3n) is 4.16. The van der Waals surface area contributed by atoms with Gasteiger partial charge in [0.05, 0.1) is 17.7 Å². The maximum atomic E-state index is 12.6. The molecule has 8 heteroatoms. The van der Waals surface area contributed by atoms with Crippen LogP contribution in [0.25, 0.3) is 6.08 Å². The van der Waals surface area contributed by atoms with Gasteiger partial charge in [-0.05, 0) is 47.5 Å². The number of carbonyl (C=O) groups is 1. The van der Waals surface area contributed by atoms with Gasteiger partial charge in [0.15, 0.2) is 0 Å². The number of pyridine rings is 1. The minimum atomic E-state index is -3.77. The fourth-order valence-corrected chi connectivity index (χ4v) is 3.68. The molecule has 0 unspecified atom stereocenters. The summed E-state index contributed by atoms with van der Waals surface area (Å²) in [6, 6.07) is 16.6. The molecule has 3 rings (SSSR count). The highest BCUT2D eigenvalue weighted by Gasteiger charge is 2.16. The number of rotatable bonds is 8. The zero-order valence-electron chi connectivity index (χ0n) is 16.3. The van der Waals surface area contributed by atoms with E-state index in [1.54, 1.807) is 60.9 Å². The van der Waals surface area contributed by atoms with Crippen LogP contribution in [0.15, 0.2) is 84.0 Å². The quantitative estimate of drug-likeness (QED) is 0.542. The zero-order chi connectivity index (χ0) is 21.4. The molecule has 1 heterocycles. The van der Waals surface area contributed by atoms with E-state index in [1.165, 1.54) is 25.3 Å². The van der Waals surface area contributed by atoms with Gasteiger partial charge in [-0.2, -0.15) is 0 Å². The van der Waals surface area contributed by atoms with Crippen LogP contribution in [0.3, 0.4) is 0 Å². The first kappa shape index (κ1) is 21.1. The number of nitrogens with one attached hydrogen (secondary N) is 2. The van der Waals surface area contributed by atoms with E-state index in [-0.39, 0.29) is 10.8 Å². The van der Waals surface area contributed by atoms with E-state index < -0.39 is 10.0 Å². The Morgan fingerprint density at radius 3 is 2.53 bits per heavy atom. The summed E-state index contributed by atoms with van der Waals surface area (Å²) in [5, 5.41) is 2.76. The SMILES string of the molecule is COc1ccccc1NS(=O)(=O)c1ccc(/C=C/C(=O)NCc2cccnc2)cc1. The molecule has 0 fully saturated rings. The molecule has 0 bridgehead atoms. The summed E-state index contributed by atoms with van der Waals surface area (Å²) in [4.78, 5) is 16.0. The highest BCUT2D eigenvalue weighted by molar-refractivity contribution is 7.92. The molecule has 0 spiro atoms. The largest absolute Gasteiger partial charge is 0.495 e. The van der Waals surface area contributed by atoms with Gasteiger partial charge in [-0.15, -0.1) is 0 Å². The Balaban J connectivity index is 1.62. The molecule has 30 heavy (non-hydrogen) atoms. The Bertz CT molecular complexity index is 1130. The van der Waals surface area contributed by atoms with E-state index in [9.17, 15) is 13.2 Å². The van der Waals surface area contributed by atoms with Crippen molar-refractivity contribution < 1.29 is 17.9 Å². The maximum absolute atomic E-state index is 12.6. The van der Waals surface area contributed by atoms with Crippen molar-refractivity contribution >= 4 is 27.7 Å². The average Bonchev–Trinajstić information content (AvgIpc) is 2.77. The molecule has 0 saturated carbocycles. The molecule has 0 aliphatic carbocycles. The van der Waals surface area contributed by atoms with Crippen molar-refractivity contribution in [2.45, 2.75) is 11.4 Å². The second-order valence-corrected chi connectivity index (χ2v) is 7.97. The summed E-state index contributed by atoms with van der Waals surface area (Å²) in [6.07, 6.45) is 6.36. The number of aromatic nitrogens is 1. The molecule has 3 aromatic rings. The summed E-state index contributed by atoms with van der Waals surface area (Å²) in [7, 11) is -2.30.